The molecule has 0 saturated carbocycles. The van der Waals surface area contributed by atoms with E-state index in [1.807, 2.05) is 44.3 Å². The lowest BCUT2D eigenvalue weighted by Crippen LogP contribution is -2.21. The van der Waals surface area contributed by atoms with Gasteiger partial charge in [0, 0.05) is 20.0 Å². The van der Waals surface area contributed by atoms with Crippen LogP contribution in [0.1, 0.15) is 29.7 Å². The van der Waals surface area contributed by atoms with Crippen LogP contribution in [0.15, 0.2) is 41.0 Å². The molecule has 2 aromatic rings. The van der Waals surface area contributed by atoms with Gasteiger partial charge < -0.3 is 14.4 Å². The molecule has 4 nitrogen and oxygen atoms in total. The second-order valence-electron chi connectivity index (χ2n) is 4.81. The van der Waals surface area contributed by atoms with E-state index < -0.39 is 6.10 Å². The minimum Gasteiger partial charge on any atom is -0.449 e. The highest BCUT2D eigenvalue weighted by Gasteiger charge is 2.10. The summed E-state index contributed by atoms with van der Waals surface area (Å²) < 4.78 is 5.17. The van der Waals surface area contributed by atoms with Gasteiger partial charge in [-0.15, -0.1) is 0 Å². The fourth-order valence-electron chi connectivity index (χ4n) is 2.02. The summed E-state index contributed by atoms with van der Waals surface area (Å²) in [7, 11) is 2.02. The second kappa shape index (κ2) is 6.50. The molecule has 1 heterocycles. The van der Waals surface area contributed by atoms with Gasteiger partial charge in [-0.25, -0.2) is 4.98 Å². The maximum atomic E-state index is 10.1. The SMILES string of the molecule is Cc1nc(CN(C)CCC(O)c2ccccc2)co1. The van der Waals surface area contributed by atoms with Gasteiger partial charge in [-0.3, -0.25) is 0 Å². The molecule has 0 fully saturated rings. The summed E-state index contributed by atoms with van der Waals surface area (Å²) in [6.45, 7) is 3.38. The summed E-state index contributed by atoms with van der Waals surface area (Å²) in [5.74, 6) is 0.688. The maximum absolute atomic E-state index is 10.1. The molecular formula is C15H20N2O2. The average molecular weight is 260 g/mol. The Morgan fingerprint density at radius 1 is 1.32 bits per heavy atom. The summed E-state index contributed by atoms with van der Waals surface area (Å²) >= 11 is 0. The normalized spacial score (nSPS) is 12.8. The lowest BCUT2D eigenvalue weighted by molar-refractivity contribution is 0.147. The lowest BCUT2D eigenvalue weighted by Gasteiger charge is -2.17. The van der Waals surface area contributed by atoms with Crippen LogP contribution < -0.4 is 0 Å². The minimum absolute atomic E-state index is 0.414. The highest BCUT2D eigenvalue weighted by molar-refractivity contribution is 5.17. The topological polar surface area (TPSA) is 49.5 Å². The molecule has 0 aliphatic carbocycles. The lowest BCUT2D eigenvalue weighted by atomic mass is 10.1. The number of hydrogen-bond donors (Lipinski definition) is 1. The predicted molar refractivity (Wildman–Crippen MR) is 73.6 cm³/mol. The van der Waals surface area contributed by atoms with E-state index in [0.717, 1.165) is 24.3 Å². The molecule has 1 N–H and O–H groups in total. The number of hydrogen-bond acceptors (Lipinski definition) is 4. The van der Waals surface area contributed by atoms with E-state index in [2.05, 4.69) is 9.88 Å². The van der Waals surface area contributed by atoms with Crippen LogP contribution in [0, 0.1) is 6.92 Å². The molecule has 1 aromatic heterocycles. The van der Waals surface area contributed by atoms with Crippen molar-refractivity contribution in [2.24, 2.45) is 0 Å². The Balaban J connectivity index is 1.79. The summed E-state index contributed by atoms with van der Waals surface area (Å²) in [4.78, 5) is 6.39. The van der Waals surface area contributed by atoms with Gasteiger partial charge in [0.25, 0.3) is 0 Å². The van der Waals surface area contributed by atoms with Crippen molar-refractivity contribution in [3.8, 4) is 0 Å². The molecule has 0 radical (unpaired) electrons. The van der Waals surface area contributed by atoms with E-state index in [1.165, 1.54) is 0 Å². The summed E-state index contributed by atoms with van der Waals surface area (Å²) in [5.41, 5.74) is 1.89. The van der Waals surface area contributed by atoms with E-state index in [1.54, 1.807) is 6.26 Å². The average Bonchev–Trinajstić information content (AvgIpc) is 2.82. The smallest absolute Gasteiger partial charge is 0.191 e. The first-order valence-electron chi connectivity index (χ1n) is 6.47. The van der Waals surface area contributed by atoms with Crippen molar-refractivity contribution in [2.75, 3.05) is 13.6 Å². The first-order valence-corrected chi connectivity index (χ1v) is 6.47. The van der Waals surface area contributed by atoms with Crippen molar-refractivity contribution in [2.45, 2.75) is 26.0 Å². The molecule has 102 valence electrons. The van der Waals surface area contributed by atoms with Gasteiger partial charge >= 0.3 is 0 Å². The standard InChI is InChI=1S/C15H20N2O2/c1-12-16-14(11-19-12)10-17(2)9-8-15(18)13-6-4-3-5-7-13/h3-7,11,15,18H,8-10H2,1-2H3. The van der Waals surface area contributed by atoms with E-state index in [9.17, 15) is 5.11 Å². The quantitative estimate of drug-likeness (QED) is 0.867. The molecule has 0 aliphatic rings. The van der Waals surface area contributed by atoms with Crippen molar-refractivity contribution in [3.63, 3.8) is 0 Å². The largest absolute Gasteiger partial charge is 0.449 e. The molecule has 2 rings (SSSR count). The number of oxazole rings is 1. The summed E-state index contributed by atoms with van der Waals surface area (Å²) in [6, 6.07) is 9.74. The molecule has 1 unspecified atom stereocenters. The molecule has 0 saturated heterocycles. The van der Waals surface area contributed by atoms with Crippen LogP contribution in [0.4, 0.5) is 0 Å². The van der Waals surface area contributed by atoms with Gasteiger partial charge in [0.1, 0.15) is 6.26 Å². The van der Waals surface area contributed by atoms with E-state index in [0.29, 0.717) is 12.3 Å². The molecule has 1 aromatic carbocycles. The van der Waals surface area contributed by atoms with E-state index in [-0.39, 0.29) is 0 Å². The fraction of sp³-hybridized carbons (Fsp3) is 0.400. The summed E-state index contributed by atoms with van der Waals surface area (Å²) in [5, 5.41) is 10.1. The van der Waals surface area contributed by atoms with Crippen LogP contribution in [0.2, 0.25) is 0 Å². The Labute approximate surface area is 113 Å². The zero-order chi connectivity index (χ0) is 13.7. The van der Waals surface area contributed by atoms with Crippen molar-refractivity contribution in [3.05, 3.63) is 53.7 Å². The van der Waals surface area contributed by atoms with Gasteiger partial charge in [0.15, 0.2) is 5.89 Å². The second-order valence-corrected chi connectivity index (χ2v) is 4.81. The summed E-state index contributed by atoms with van der Waals surface area (Å²) in [6.07, 6.45) is 1.97. The van der Waals surface area contributed by atoms with Gasteiger partial charge in [-0.05, 0) is 19.0 Å². The maximum Gasteiger partial charge on any atom is 0.191 e. The zero-order valence-corrected chi connectivity index (χ0v) is 11.4. The highest BCUT2D eigenvalue weighted by atomic mass is 16.3. The Kier molecular flexibility index (Phi) is 4.71. The van der Waals surface area contributed by atoms with E-state index >= 15 is 0 Å². The first kappa shape index (κ1) is 13.8. The van der Waals surface area contributed by atoms with Gasteiger partial charge in [0.05, 0.1) is 11.8 Å². The van der Waals surface area contributed by atoms with Crippen LogP contribution >= 0.6 is 0 Å². The first-order chi connectivity index (χ1) is 9.15. The number of benzene rings is 1. The monoisotopic (exact) mass is 260 g/mol. The number of rotatable bonds is 6. The molecule has 0 aliphatic heterocycles. The van der Waals surface area contributed by atoms with Gasteiger partial charge in [-0.2, -0.15) is 0 Å². The predicted octanol–water partition coefficient (Wildman–Crippen LogP) is 2.54. The van der Waals surface area contributed by atoms with Crippen molar-refractivity contribution >= 4 is 0 Å². The Morgan fingerprint density at radius 3 is 2.68 bits per heavy atom. The molecule has 19 heavy (non-hydrogen) atoms. The third-order valence-electron chi connectivity index (χ3n) is 3.07. The molecule has 0 amide bonds. The van der Waals surface area contributed by atoms with Crippen LogP contribution in [-0.4, -0.2) is 28.6 Å². The number of aliphatic hydroxyl groups excluding tert-OH is 1. The van der Waals surface area contributed by atoms with Gasteiger partial charge in [0.2, 0.25) is 0 Å². The Hall–Kier alpha value is -1.65. The van der Waals surface area contributed by atoms with Crippen molar-refractivity contribution in [1.82, 2.24) is 9.88 Å². The molecular weight excluding hydrogens is 240 g/mol. The van der Waals surface area contributed by atoms with Crippen LogP contribution in [0.5, 0.6) is 0 Å². The molecule has 4 heteroatoms. The van der Waals surface area contributed by atoms with Crippen LogP contribution in [-0.2, 0) is 6.54 Å². The van der Waals surface area contributed by atoms with Crippen LogP contribution in [0.25, 0.3) is 0 Å². The minimum atomic E-state index is -0.414. The third-order valence-corrected chi connectivity index (χ3v) is 3.07. The molecule has 1 atom stereocenters. The Bertz CT molecular complexity index is 496. The number of aromatic nitrogens is 1. The molecule has 0 spiro atoms. The molecule has 0 bridgehead atoms. The number of aliphatic hydroxyl groups is 1. The highest BCUT2D eigenvalue weighted by Crippen LogP contribution is 2.16. The Morgan fingerprint density at radius 2 is 2.05 bits per heavy atom. The number of aryl methyl sites for hydroxylation is 1. The fourth-order valence-corrected chi connectivity index (χ4v) is 2.02. The van der Waals surface area contributed by atoms with E-state index in [4.69, 9.17) is 4.42 Å². The van der Waals surface area contributed by atoms with Gasteiger partial charge in [-0.1, -0.05) is 30.3 Å². The van der Waals surface area contributed by atoms with Crippen molar-refractivity contribution < 1.29 is 9.52 Å². The van der Waals surface area contributed by atoms with Crippen molar-refractivity contribution in [1.29, 1.82) is 0 Å². The van der Waals surface area contributed by atoms with Crippen LogP contribution in [0.3, 0.4) is 0 Å². The zero-order valence-electron chi connectivity index (χ0n) is 11.4. The third kappa shape index (κ3) is 4.19. The number of nitrogens with zero attached hydrogens (tertiary/aromatic N) is 2.